The van der Waals surface area contributed by atoms with E-state index in [9.17, 15) is 9.59 Å². The van der Waals surface area contributed by atoms with Crippen molar-refractivity contribution in [3.8, 4) is 5.88 Å². The standard InChI is InChI=1S/C21H29N5O4/c1-21(2,3)30-20(28)23-12-18(27)25(4)14-9-11-26(13-14)16-8-10-22-15-6-7-17(29-5)24-19(15)16/h6-8,10,14H,9,11-13H2,1-5H3,(H,23,28). The molecule has 1 N–H and O–H groups in total. The molecule has 162 valence electrons. The van der Waals surface area contributed by atoms with Crippen molar-refractivity contribution in [3.63, 3.8) is 0 Å². The number of ether oxygens (including phenoxy) is 2. The SMILES string of the molecule is COc1ccc2nccc(N3CCC(N(C)C(=O)CNC(=O)OC(C)(C)C)C3)c2n1. The van der Waals surface area contributed by atoms with Crippen LogP contribution >= 0.6 is 0 Å². The maximum atomic E-state index is 12.5. The Morgan fingerprint density at radius 2 is 2.07 bits per heavy atom. The molecule has 0 aliphatic carbocycles. The number of pyridine rings is 2. The first-order valence-electron chi connectivity index (χ1n) is 9.95. The summed E-state index contributed by atoms with van der Waals surface area (Å²) in [7, 11) is 3.35. The summed E-state index contributed by atoms with van der Waals surface area (Å²) in [5.74, 6) is 0.375. The molecule has 1 aliphatic heterocycles. The van der Waals surface area contributed by atoms with Gasteiger partial charge in [0.2, 0.25) is 11.8 Å². The summed E-state index contributed by atoms with van der Waals surface area (Å²) < 4.78 is 10.4. The number of carbonyl (C=O) groups excluding carboxylic acids is 2. The summed E-state index contributed by atoms with van der Waals surface area (Å²) in [5, 5.41) is 2.52. The Kier molecular flexibility index (Phi) is 6.28. The fraction of sp³-hybridized carbons (Fsp3) is 0.524. The smallest absolute Gasteiger partial charge is 0.408 e. The minimum absolute atomic E-state index is 0.0340. The van der Waals surface area contributed by atoms with Crippen LogP contribution in [0.15, 0.2) is 24.4 Å². The van der Waals surface area contributed by atoms with Gasteiger partial charge in [-0.15, -0.1) is 0 Å². The largest absolute Gasteiger partial charge is 0.481 e. The molecule has 0 saturated carbocycles. The molecule has 0 aromatic carbocycles. The lowest BCUT2D eigenvalue weighted by Gasteiger charge is -2.26. The molecular formula is C21H29N5O4. The van der Waals surface area contributed by atoms with Gasteiger partial charge in [-0.1, -0.05) is 0 Å². The maximum absolute atomic E-state index is 12.5. The molecule has 3 rings (SSSR count). The van der Waals surface area contributed by atoms with Gasteiger partial charge < -0.3 is 24.6 Å². The molecule has 2 aromatic heterocycles. The number of nitrogens with one attached hydrogen (secondary N) is 1. The van der Waals surface area contributed by atoms with Crippen molar-refractivity contribution in [1.29, 1.82) is 0 Å². The highest BCUT2D eigenvalue weighted by Crippen LogP contribution is 2.29. The number of rotatable bonds is 5. The van der Waals surface area contributed by atoms with Gasteiger partial charge in [0.25, 0.3) is 0 Å². The van der Waals surface area contributed by atoms with Gasteiger partial charge in [0, 0.05) is 32.4 Å². The topological polar surface area (TPSA) is 96.9 Å². The first-order valence-corrected chi connectivity index (χ1v) is 9.95. The first kappa shape index (κ1) is 21.6. The Morgan fingerprint density at radius 3 is 2.77 bits per heavy atom. The molecule has 9 heteroatoms. The van der Waals surface area contributed by atoms with E-state index in [0.29, 0.717) is 12.4 Å². The second-order valence-electron chi connectivity index (χ2n) is 8.30. The van der Waals surface area contributed by atoms with Crippen LogP contribution in [0.4, 0.5) is 10.5 Å². The van der Waals surface area contributed by atoms with E-state index < -0.39 is 11.7 Å². The van der Waals surface area contributed by atoms with Gasteiger partial charge in [-0.2, -0.15) is 0 Å². The Hall–Kier alpha value is -3.10. The Morgan fingerprint density at radius 1 is 1.30 bits per heavy atom. The van der Waals surface area contributed by atoms with Crippen LogP contribution in [0.1, 0.15) is 27.2 Å². The molecule has 2 aromatic rings. The van der Waals surface area contributed by atoms with Crippen molar-refractivity contribution in [2.24, 2.45) is 0 Å². The zero-order valence-corrected chi connectivity index (χ0v) is 18.1. The van der Waals surface area contributed by atoms with Gasteiger partial charge in [-0.05, 0) is 39.3 Å². The van der Waals surface area contributed by atoms with Crippen LogP contribution in [0.3, 0.4) is 0 Å². The number of alkyl carbamates (subject to hydrolysis) is 1. The number of hydrogen-bond acceptors (Lipinski definition) is 7. The zero-order chi connectivity index (χ0) is 21.9. The van der Waals surface area contributed by atoms with Crippen LogP contribution in [-0.2, 0) is 9.53 Å². The molecule has 3 heterocycles. The van der Waals surface area contributed by atoms with E-state index in [4.69, 9.17) is 9.47 Å². The van der Waals surface area contributed by atoms with Crippen LogP contribution in [0, 0.1) is 0 Å². The van der Waals surface area contributed by atoms with Gasteiger partial charge in [-0.25, -0.2) is 9.78 Å². The van der Waals surface area contributed by atoms with E-state index in [-0.39, 0.29) is 18.5 Å². The Bertz CT molecular complexity index is 927. The lowest BCUT2D eigenvalue weighted by atomic mass is 10.2. The van der Waals surface area contributed by atoms with Crippen molar-refractivity contribution in [3.05, 3.63) is 24.4 Å². The summed E-state index contributed by atoms with van der Waals surface area (Å²) in [4.78, 5) is 37.1. The van der Waals surface area contributed by atoms with Crippen LogP contribution in [0.2, 0.25) is 0 Å². The molecule has 1 atom stereocenters. The summed E-state index contributed by atoms with van der Waals surface area (Å²) >= 11 is 0. The first-order chi connectivity index (χ1) is 14.2. The zero-order valence-electron chi connectivity index (χ0n) is 18.1. The highest BCUT2D eigenvalue weighted by molar-refractivity contribution is 5.88. The van der Waals surface area contributed by atoms with E-state index in [0.717, 1.165) is 29.7 Å². The molecule has 2 amide bonds. The minimum atomic E-state index is -0.602. The molecule has 30 heavy (non-hydrogen) atoms. The van der Waals surface area contributed by atoms with Crippen molar-refractivity contribution < 1.29 is 19.1 Å². The molecule has 1 saturated heterocycles. The van der Waals surface area contributed by atoms with Crippen molar-refractivity contribution >= 4 is 28.7 Å². The Balaban J connectivity index is 1.63. The number of fused-ring (bicyclic) bond motifs is 1. The lowest BCUT2D eigenvalue weighted by Crippen LogP contribution is -2.45. The number of anilines is 1. The molecule has 0 spiro atoms. The number of methoxy groups -OCH3 is 1. The van der Waals surface area contributed by atoms with Gasteiger partial charge in [0.15, 0.2) is 0 Å². The third-order valence-electron chi connectivity index (χ3n) is 4.97. The summed E-state index contributed by atoms with van der Waals surface area (Å²) in [6.45, 7) is 6.70. The molecular weight excluding hydrogens is 386 g/mol. The fourth-order valence-electron chi connectivity index (χ4n) is 3.43. The monoisotopic (exact) mass is 415 g/mol. The van der Waals surface area contributed by atoms with E-state index in [1.54, 1.807) is 52.1 Å². The van der Waals surface area contributed by atoms with Crippen LogP contribution in [-0.4, -0.2) is 72.3 Å². The number of nitrogens with zero attached hydrogens (tertiary/aromatic N) is 4. The van der Waals surface area contributed by atoms with E-state index in [1.165, 1.54) is 0 Å². The maximum Gasteiger partial charge on any atom is 0.408 e. The second kappa shape index (κ2) is 8.73. The second-order valence-corrected chi connectivity index (χ2v) is 8.30. The lowest BCUT2D eigenvalue weighted by molar-refractivity contribution is -0.130. The van der Waals surface area contributed by atoms with Crippen LogP contribution in [0.5, 0.6) is 5.88 Å². The number of amides is 2. The molecule has 1 fully saturated rings. The van der Waals surface area contributed by atoms with Gasteiger partial charge in [-0.3, -0.25) is 9.78 Å². The van der Waals surface area contributed by atoms with Crippen LogP contribution < -0.4 is 15.0 Å². The Labute approximate surface area is 176 Å². The third kappa shape index (κ3) is 5.08. The average molecular weight is 415 g/mol. The van der Waals surface area contributed by atoms with E-state index in [1.807, 2.05) is 12.1 Å². The molecule has 0 bridgehead atoms. The molecule has 1 aliphatic rings. The number of likely N-dealkylation sites (N-methyl/N-ethyl adjacent to an activating group) is 1. The van der Waals surface area contributed by atoms with Gasteiger partial charge >= 0.3 is 6.09 Å². The highest BCUT2D eigenvalue weighted by Gasteiger charge is 2.30. The number of aromatic nitrogens is 2. The summed E-state index contributed by atoms with van der Waals surface area (Å²) in [6.07, 6.45) is 1.99. The highest BCUT2D eigenvalue weighted by atomic mass is 16.6. The van der Waals surface area contributed by atoms with Gasteiger partial charge in [0.05, 0.1) is 24.4 Å². The third-order valence-corrected chi connectivity index (χ3v) is 4.97. The molecule has 0 radical (unpaired) electrons. The van der Waals surface area contributed by atoms with Crippen molar-refractivity contribution in [2.75, 3.05) is 38.7 Å². The average Bonchev–Trinajstić information content (AvgIpc) is 3.19. The van der Waals surface area contributed by atoms with Gasteiger partial charge in [0.1, 0.15) is 17.7 Å². The quantitative estimate of drug-likeness (QED) is 0.800. The minimum Gasteiger partial charge on any atom is -0.481 e. The van der Waals surface area contributed by atoms with Crippen LogP contribution in [0.25, 0.3) is 11.0 Å². The van der Waals surface area contributed by atoms with Crippen molar-refractivity contribution in [2.45, 2.75) is 38.8 Å². The molecule has 1 unspecified atom stereocenters. The number of carbonyl (C=O) groups is 2. The predicted octanol–water partition coefficient (Wildman–Crippen LogP) is 2.20. The molecule has 9 nitrogen and oxygen atoms in total. The summed E-state index contributed by atoms with van der Waals surface area (Å²) in [6, 6.07) is 5.64. The van der Waals surface area contributed by atoms with Crippen molar-refractivity contribution in [1.82, 2.24) is 20.2 Å². The number of hydrogen-bond donors (Lipinski definition) is 1. The fourth-order valence-corrected chi connectivity index (χ4v) is 3.43. The van der Waals surface area contributed by atoms with E-state index >= 15 is 0 Å². The summed E-state index contributed by atoms with van der Waals surface area (Å²) in [5.41, 5.74) is 1.93. The normalized spacial score (nSPS) is 16.4. The predicted molar refractivity (Wildman–Crippen MR) is 114 cm³/mol. The van der Waals surface area contributed by atoms with E-state index in [2.05, 4.69) is 20.2 Å².